The van der Waals surface area contributed by atoms with Crippen molar-refractivity contribution < 1.29 is 4.74 Å². The molecule has 0 aromatic carbocycles. The van der Waals surface area contributed by atoms with Gasteiger partial charge in [0.25, 0.3) is 0 Å². The third-order valence-corrected chi connectivity index (χ3v) is 2.86. The third-order valence-electron chi connectivity index (χ3n) is 2.86. The van der Waals surface area contributed by atoms with E-state index in [1.165, 1.54) is 11.1 Å². The van der Waals surface area contributed by atoms with E-state index >= 15 is 0 Å². The SMILES string of the molecule is Cc1[c]c(C)c(C2CCOCC2)cn1. The van der Waals surface area contributed by atoms with Gasteiger partial charge in [-0.05, 0) is 43.7 Å². The van der Waals surface area contributed by atoms with Crippen LogP contribution in [0.25, 0.3) is 0 Å². The lowest BCUT2D eigenvalue weighted by Gasteiger charge is -2.23. The first-order valence-corrected chi connectivity index (χ1v) is 5.20. The van der Waals surface area contributed by atoms with Gasteiger partial charge in [0.15, 0.2) is 0 Å². The van der Waals surface area contributed by atoms with E-state index in [1.54, 1.807) is 0 Å². The molecule has 2 heterocycles. The van der Waals surface area contributed by atoms with Crippen molar-refractivity contribution in [3.63, 3.8) is 0 Å². The van der Waals surface area contributed by atoms with E-state index in [4.69, 9.17) is 4.74 Å². The minimum absolute atomic E-state index is 0.632. The number of aromatic nitrogens is 1. The van der Waals surface area contributed by atoms with E-state index in [2.05, 4.69) is 18.0 Å². The van der Waals surface area contributed by atoms with Crippen LogP contribution in [0.5, 0.6) is 0 Å². The third kappa shape index (κ3) is 1.95. The van der Waals surface area contributed by atoms with Crippen LogP contribution in [0.4, 0.5) is 0 Å². The Balaban J connectivity index is 2.22. The molecule has 14 heavy (non-hydrogen) atoms. The maximum Gasteiger partial charge on any atom is 0.0471 e. The molecule has 0 unspecified atom stereocenters. The van der Waals surface area contributed by atoms with E-state index in [9.17, 15) is 0 Å². The van der Waals surface area contributed by atoms with Gasteiger partial charge in [0.1, 0.15) is 0 Å². The highest BCUT2D eigenvalue weighted by molar-refractivity contribution is 5.27. The molecule has 1 aliphatic rings. The molecule has 1 saturated heterocycles. The van der Waals surface area contributed by atoms with Gasteiger partial charge in [0.2, 0.25) is 0 Å². The van der Waals surface area contributed by atoms with Crippen molar-refractivity contribution in [1.29, 1.82) is 0 Å². The summed E-state index contributed by atoms with van der Waals surface area (Å²) in [6, 6.07) is 3.28. The Labute approximate surface area is 85.3 Å². The minimum Gasteiger partial charge on any atom is -0.381 e. The Hall–Kier alpha value is -0.890. The number of ether oxygens (including phenoxy) is 1. The molecule has 1 aromatic rings. The number of nitrogens with zero attached hydrogens (tertiary/aromatic N) is 1. The van der Waals surface area contributed by atoms with Crippen LogP contribution >= 0.6 is 0 Å². The Bertz CT molecular complexity index is 316. The summed E-state index contributed by atoms with van der Waals surface area (Å²) < 4.78 is 5.35. The molecule has 0 spiro atoms. The van der Waals surface area contributed by atoms with Crippen molar-refractivity contribution in [2.45, 2.75) is 32.6 Å². The molecule has 75 valence electrons. The van der Waals surface area contributed by atoms with E-state index in [-0.39, 0.29) is 0 Å². The largest absolute Gasteiger partial charge is 0.381 e. The van der Waals surface area contributed by atoms with Crippen molar-refractivity contribution >= 4 is 0 Å². The van der Waals surface area contributed by atoms with Crippen molar-refractivity contribution in [3.05, 3.63) is 29.1 Å². The first-order chi connectivity index (χ1) is 6.77. The van der Waals surface area contributed by atoms with Crippen LogP contribution in [0.2, 0.25) is 0 Å². The number of aryl methyl sites for hydroxylation is 2. The molecule has 2 heteroatoms. The number of pyridine rings is 1. The van der Waals surface area contributed by atoms with Crippen LogP contribution < -0.4 is 0 Å². The van der Waals surface area contributed by atoms with Gasteiger partial charge < -0.3 is 4.74 Å². The summed E-state index contributed by atoms with van der Waals surface area (Å²) in [5.41, 5.74) is 3.60. The maximum absolute atomic E-state index is 5.35. The van der Waals surface area contributed by atoms with Crippen molar-refractivity contribution in [1.82, 2.24) is 4.98 Å². The highest BCUT2D eigenvalue weighted by Crippen LogP contribution is 2.28. The molecule has 0 bridgehead atoms. The Morgan fingerprint density at radius 1 is 1.36 bits per heavy atom. The summed E-state index contributed by atoms with van der Waals surface area (Å²) in [7, 11) is 0. The Morgan fingerprint density at radius 2 is 2.07 bits per heavy atom. The molecule has 0 N–H and O–H groups in total. The summed E-state index contributed by atoms with van der Waals surface area (Å²) in [4.78, 5) is 4.32. The van der Waals surface area contributed by atoms with Crippen LogP contribution in [0.3, 0.4) is 0 Å². The molecule has 1 aliphatic heterocycles. The maximum atomic E-state index is 5.35. The van der Waals surface area contributed by atoms with Crippen LogP contribution in [-0.2, 0) is 4.74 Å². The van der Waals surface area contributed by atoms with E-state index in [1.807, 2.05) is 13.1 Å². The quantitative estimate of drug-likeness (QED) is 0.678. The summed E-state index contributed by atoms with van der Waals surface area (Å²) >= 11 is 0. The smallest absolute Gasteiger partial charge is 0.0471 e. The zero-order valence-corrected chi connectivity index (χ0v) is 8.84. The summed E-state index contributed by atoms with van der Waals surface area (Å²) in [5.74, 6) is 0.632. The van der Waals surface area contributed by atoms with E-state index in [0.717, 1.165) is 31.7 Å². The molecule has 1 aromatic heterocycles. The monoisotopic (exact) mass is 190 g/mol. The predicted octanol–water partition coefficient (Wildman–Crippen LogP) is 2.39. The standard InChI is InChI=1S/C12H16NO/c1-9-7-10(2)13-8-12(9)11-3-5-14-6-4-11/h8,11H,3-6H2,1-2H3. The topological polar surface area (TPSA) is 22.1 Å². The van der Waals surface area contributed by atoms with E-state index in [0.29, 0.717) is 5.92 Å². The minimum atomic E-state index is 0.632. The van der Waals surface area contributed by atoms with Gasteiger partial charge in [-0.1, -0.05) is 0 Å². The van der Waals surface area contributed by atoms with Gasteiger partial charge in [0.05, 0.1) is 0 Å². The van der Waals surface area contributed by atoms with Crippen molar-refractivity contribution in [2.24, 2.45) is 0 Å². The van der Waals surface area contributed by atoms with E-state index < -0.39 is 0 Å². The summed E-state index contributed by atoms with van der Waals surface area (Å²) in [6.07, 6.45) is 4.26. The lowest BCUT2D eigenvalue weighted by atomic mass is 9.90. The lowest BCUT2D eigenvalue weighted by Crippen LogP contribution is -2.15. The first-order valence-electron chi connectivity index (χ1n) is 5.20. The lowest BCUT2D eigenvalue weighted by molar-refractivity contribution is 0.0851. The fourth-order valence-corrected chi connectivity index (χ4v) is 2.06. The molecule has 0 atom stereocenters. The second-order valence-electron chi connectivity index (χ2n) is 3.94. The predicted molar refractivity (Wildman–Crippen MR) is 55.3 cm³/mol. The van der Waals surface area contributed by atoms with Gasteiger partial charge in [-0.15, -0.1) is 0 Å². The number of rotatable bonds is 1. The Morgan fingerprint density at radius 3 is 2.71 bits per heavy atom. The van der Waals surface area contributed by atoms with Crippen LogP contribution in [0.1, 0.15) is 35.6 Å². The fraction of sp³-hybridized carbons (Fsp3) is 0.583. The average molecular weight is 190 g/mol. The molecule has 0 aliphatic carbocycles. The fourth-order valence-electron chi connectivity index (χ4n) is 2.06. The molecule has 1 fully saturated rings. The zero-order valence-electron chi connectivity index (χ0n) is 8.84. The number of hydrogen-bond acceptors (Lipinski definition) is 2. The van der Waals surface area contributed by atoms with Crippen LogP contribution in [0, 0.1) is 19.9 Å². The summed E-state index contributed by atoms with van der Waals surface area (Å²) in [6.45, 7) is 5.89. The molecule has 1 radical (unpaired) electrons. The first kappa shape index (κ1) is 9.66. The molecule has 0 amide bonds. The molecular weight excluding hydrogens is 174 g/mol. The normalized spacial score (nSPS) is 18.4. The highest BCUT2D eigenvalue weighted by atomic mass is 16.5. The van der Waals surface area contributed by atoms with Crippen molar-refractivity contribution in [2.75, 3.05) is 13.2 Å². The average Bonchev–Trinajstić information content (AvgIpc) is 2.19. The second-order valence-corrected chi connectivity index (χ2v) is 3.94. The molecule has 0 saturated carbocycles. The Kier molecular flexibility index (Phi) is 2.82. The van der Waals surface area contributed by atoms with Gasteiger partial charge in [-0.3, -0.25) is 4.98 Å². The van der Waals surface area contributed by atoms with Gasteiger partial charge in [0, 0.05) is 31.2 Å². The molecule has 2 nitrogen and oxygen atoms in total. The molecular formula is C12H16NO. The van der Waals surface area contributed by atoms with Gasteiger partial charge in [-0.2, -0.15) is 0 Å². The van der Waals surface area contributed by atoms with Crippen LogP contribution in [0.15, 0.2) is 6.20 Å². The van der Waals surface area contributed by atoms with Crippen molar-refractivity contribution in [3.8, 4) is 0 Å². The summed E-state index contributed by atoms with van der Waals surface area (Å²) in [5, 5.41) is 0. The van der Waals surface area contributed by atoms with Gasteiger partial charge in [-0.25, -0.2) is 0 Å². The number of hydrogen-bond donors (Lipinski definition) is 0. The van der Waals surface area contributed by atoms with Gasteiger partial charge >= 0.3 is 0 Å². The highest BCUT2D eigenvalue weighted by Gasteiger charge is 2.17. The zero-order chi connectivity index (χ0) is 9.97. The molecule has 2 rings (SSSR count). The van der Waals surface area contributed by atoms with Crippen LogP contribution in [-0.4, -0.2) is 18.2 Å². The second kappa shape index (κ2) is 4.09.